The van der Waals surface area contributed by atoms with Crippen molar-refractivity contribution in [3.63, 3.8) is 0 Å². The highest BCUT2D eigenvalue weighted by atomic mass is 16.5. The van der Waals surface area contributed by atoms with Gasteiger partial charge in [0.1, 0.15) is 11.8 Å². The lowest BCUT2D eigenvalue weighted by Gasteiger charge is -2.14. The van der Waals surface area contributed by atoms with Crippen LogP contribution in [0, 0.1) is 0 Å². The fourth-order valence-corrected chi connectivity index (χ4v) is 2.70. The molecular weight excluding hydrogens is 296 g/mol. The van der Waals surface area contributed by atoms with E-state index >= 15 is 0 Å². The Morgan fingerprint density at radius 3 is 2.87 bits per heavy atom. The summed E-state index contributed by atoms with van der Waals surface area (Å²) in [4.78, 5) is 0. The average Bonchev–Trinajstić information content (AvgIpc) is 3.12. The van der Waals surface area contributed by atoms with Gasteiger partial charge in [0.25, 0.3) is 0 Å². The van der Waals surface area contributed by atoms with Crippen LogP contribution in [-0.4, -0.2) is 51.6 Å². The number of hydrogen-bond donors (Lipinski definition) is 2. The van der Waals surface area contributed by atoms with Gasteiger partial charge in [-0.25, -0.2) is 0 Å². The van der Waals surface area contributed by atoms with E-state index in [1.807, 2.05) is 10.9 Å². The highest BCUT2D eigenvalue weighted by molar-refractivity contribution is 4.90. The molecule has 1 aliphatic rings. The number of aryl methyl sites for hydroxylation is 1. The molecule has 0 radical (unpaired) electrons. The van der Waals surface area contributed by atoms with Crippen molar-refractivity contribution in [2.24, 2.45) is 5.73 Å². The topological polar surface area (TPSA) is 95.4 Å². The second kappa shape index (κ2) is 9.97. The number of nitrogens with two attached hydrogens (primary N) is 1. The first-order valence-electron chi connectivity index (χ1n) is 8.72. The third-order valence-electron chi connectivity index (χ3n) is 4.18. The van der Waals surface area contributed by atoms with Crippen molar-refractivity contribution in [2.45, 2.75) is 76.9 Å². The Bertz CT molecular complexity index is 441. The van der Waals surface area contributed by atoms with Crippen molar-refractivity contribution < 1.29 is 14.6 Å². The molecule has 7 nitrogen and oxygen atoms in total. The largest absolute Gasteiger partial charge is 0.389 e. The summed E-state index contributed by atoms with van der Waals surface area (Å²) in [5.74, 6) is 0. The fourth-order valence-electron chi connectivity index (χ4n) is 2.70. The molecule has 0 saturated carbocycles. The van der Waals surface area contributed by atoms with Crippen LogP contribution in [-0.2, 0) is 22.6 Å². The van der Waals surface area contributed by atoms with Gasteiger partial charge in [-0.2, -0.15) is 0 Å². The van der Waals surface area contributed by atoms with Crippen LogP contribution < -0.4 is 5.73 Å². The van der Waals surface area contributed by atoms with Crippen molar-refractivity contribution >= 4 is 0 Å². The van der Waals surface area contributed by atoms with Crippen molar-refractivity contribution in [1.82, 2.24) is 15.0 Å². The highest BCUT2D eigenvalue weighted by Crippen LogP contribution is 2.13. The van der Waals surface area contributed by atoms with Crippen molar-refractivity contribution in [3.8, 4) is 0 Å². The molecule has 0 spiro atoms. The molecule has 3 N–H and O–H groups in total. The highest BCUT2D eigenvalue weighted by Gasteiger charge is 2.33. The van der Waals surface area contributed by atoms with E-state index in [9.17, 15) is 5.11 Å². The number of hydrogen-bond acceptors (Lipinski definition) is 6. The summed E-state index contributed by atoms with van der Waals surface area (Å²) < 4.78 is 12.8. The van der Waals surface area contributed by atoms with Gasteiger partial charge in [-0.1, -0.05) is 44.2 Å². The lowest BCUT2D eigenvalue weighted by atomic mass is 10.1. The van der Waals surface area contributed by atoms with Crippen LogP contribution in [0.2, 0.25) is 0 Å². The first-order chi connectivity index (χ1) is 11.2. The van der Waals surface area contributed by atoms with Gasteiger partial charge < -0.3 is 20.3 Å². The summed E-state index contributed by atoms with van der Waals surface area (Å²) in [5, 5.41) is 18.0. The molecule has 1 aromatic rings. The van der Waals surface area contributed by atoms with E-state index in [2.05, 4.69) is 17.2 Å². The van der Waals surface area contributed by atoms with E-state index in [-0.39, 0.29) is 12.1 Å². The SMILES string of the molecule is CCCCCCCCn1cc(COC[C@@H]2OC[C@H](N)[C@H]2O)nn1. The maximum Gasteiger partial charge on any atom is 0.108 e. The van der Waals surface area contributed by atoms with Gasteiger partial charge >= 0.3 is 0 Å². The standard InChI is InChI=1S/C16H30N4O3/c1-2-3-4-5-6-7-8-20-9-13(18-19-20)10-22-12-15-16(21)14(17)11-23-15/h9,14-16,21H,2-8,10-12,17H2,1H3/t14-,15-,16+/m0/s1. The maximum atomic E-state index is 9.77. The molecule has 0 unspecified atom stereocenters. The van der Waals surface area contributed by atoms with Crippen LogP contribution in [0.5, 0.6) is 0 Å². The number of unbranched alkanes of at least 4 members (excludes halogenated alkanes) is 5. The third-order valence-corrected chi connectivity index (χ3v) is 4.18. The monoisotopic (exact) mass is 326 g/mol. The minimum Gasteiger partial charge on any atom is -0.389 e. The summed E-state index contributed by atoms with van der Waals surface area (Å²) >= 11 is 0. The molecule has 2 heterocycles. The quantitative estimate of drug-likeness (QED) is 0.594. The molecule has 0 bridgehead atoms. The van der Waals surface area contributed by atoms with Gasteiger partial charge in [0.2, 0.25) is 0 Å². The molecule has 1 aromatic heterocycles. The molecule has 1 aliphatic heterocycles. The number of ether oxygens (including phenoxy) is 2. The predicted molar refractivity (Wildman–Crippen MR) is 86.8 cm³/mol. The normalized spacial score (nSPS) is 24.4. The second-order valence-corrected chi connectivity index (χ2v) is 6.28. The fraction of sp³-hybridized carbons (Fsp3) is 0.875. The Labute approximate surface area is 138 Å². The van der Waals surface area contributed by atoms with E-state index in [4.69, 9.17) is 15.2 Å². The summed E-state index contributed by atoms with van der Waals surface area (Å²) in [6.45, 7) is 4.20. The number of nitrogens with zero attached hydrogens (tertiary/aromatic N) is 3. The molecule has 132 valence electrons. The predicted octanol–water partition coefficient (Wildman–Crippen LogP) is 1.24. The molecule has 1 fully saturated rings. The molecule has 2 rings (SSSR count). The van der Waals surface area contributed by atoms with E-state index in [0.717, 1.165) is 18.7 Å². The van der Waals surface area contributed by atoms with E-state index in [1.54, 1.807) is 0 Å². The van der Waals surface area contributed by atoms with E-state index in [0.29, 0.717) is 19.8 Å². The second-order valence-electron chi connectivity index (χ2n) is 6.28. The zero-order valence-corrected chi connectivity index (χ0v) is 14.1. The van der Waals surface area contributed by atoms with E-state index < -0.39 is 6.10 Å². The van der Waals surface area contributed by atoms with Crippen LogP contribution in [0.25, 0.3) is 0 Å². The van der Waals surface area contributed by atoms with Crippen molar-refractivity contribution in [2.75, 3.05) is 13.2 Å². The molecule has 1 saturated heterocycles. The van der Waals surface area contributed by atoms with Gasteiger partial charge in [0, 0.05) is 6.54 Å². The molecule has 0 amide bonds. The molecule has 23 heavy (non-hydrogen) atoms. The molecule has 3 atom stereocenters. The Morgan fingerprint density at radius 2 is 2.13 bits per heavy atom. The van der Waals surface area contributed by atoms with Crippen LogP contribution in [0.4, 0.5) is 0 Å². The minimum absolute atomic E-state index is 0.318. The molecular formula is C16H30N4O3. The van der Waals surface area contributed by atoms with Crippen LogP contribution in [0.3, 0.4) is 0 Å². The first kappa shape index (κ1) is 18.3. The van der Waals surface area contributed by atoms with Crippen LogP contribution in [0.1, 0.15) is 51.1 Å². The summed E-state index contributed by atoms with van der Waals surface area (Å²) in [5.41, 5.74) is 6.48. The summed E-state index contributed by atoms with van der Waals surface area (Å²) in [7, 11) is 0. The number of rotatable bonds is 11. The van der Waals surface area contributed by atoms with Crippen molar-refractivity contribution in [1.29, 1.82) is 0 Å². The Morgan fingerprint density at radius 1 is 1.35 bits per heavy atom. The smallest absolute Gasteiger partial charge is 0.108 e. The lowest BCUT2D eigenvalue weighted by molar-refractivity contribution is -0.0299. The van der Waals surface area contributed by atoms with Crippen LogP contribution in [0.15, 0.2) is 6.20 Å². The molecule has 0 aromatic carbocycles. The minimum atomic E-state index is -0.654. The number of aliphatic hydroxyl groups is 1. The number of aromatic nitrogens is 3. The van der Waals surface area contributed by atoms with Crippen LogP contribution >= 0.6 is 0 Å². The Hall–Kier alpha value is -1.02. The number of aliphatic hydroxyl groups excluding tert-OH is 1. The van der Waals surface area contributed by atoms with Gasteiger partial charge in [0.15, 0.2) is 0 Å². The van der Waals surface area contributed by atoms with Crippen molar-refractivity contribution in [3.05, 3.63) is 11.9 Å². The van der Waals surface area contributed by atoms with Gasteiger partial charge in [-0.15, -0.1) is 5.10 Å². The lowest BCUT2D eigenvalue weighted by Crippen LogP contribution is -2.38. The first-order valence-corrected chi connectivity index (χ1v) is 8.72. The zero-order chi connectivity index (χ0) is 16.5. The van der Waals surface area contributed by atoms with Gasteiger partial charge in [0.05, 0.1) is 38.2 Å². The molecule has 0 aliphatic carbocycles. The summed E-state index contributed by atoms with van der Waals surface area (Å²) in [6, 6.07) is -0.318. The Kier molecular flexibility index (Phi) is 7.94. The average molecular weight is 326 g/mol. The maximum absolute atomic E-state index is 9.77. The van der Waals surface area contributed by atoms with E-state index in [1.165, 1.54) is 32.1 Å². The van der Waals surface area contributed by atoms with Gasteiger partial charge in [-0.3, -0.25) is 4.68 Å². The third kappa shape index (κ3) is 6.18. The van der Waals surface area contributed by atoms with Gasteiger partial charge in [-0.05, 0) is 6.42 Å². The zero-order valence-electron chi connectivity index (χ0n) is 14.1. The summed E-state index contributed by atoms with van der Waals surface area (Å²) in [6.07, 6.45) is 8.52. The molecule has 7 heteroatoms. The Balaban J connectivity index is 1.57.